The van der Waals surface area contributed by atoms with Crippen LogP contribution in [-0.2, 0) is 21.4 Å². The van der Waals surface area contributed by atoms with Crippen LogP contribution in [0.3, 0.4) is 0 Å². The second-order valence-corrected chi connectivity index (χ2v) is 9.18. The quantitative estimate of drug-likeness (QED) is 0.693. The van der Waals surface area contributed by atoms with Gasteiger partial charge in [-0.05, 0) is 44.0 Å². The van der Waals surface area contributed by atoms with Gasteiger partial charge in [-0.3, -0.25) is 4.79 Å². The first-order chi connectivity index (χ1) is 13.9. The number of hydrogen-bond acceptors (Lipinski definition) is 5. The Balaban J connectivity index is 1.64. The van der Waals surface area contributed by atoms with Crippen LogP contribution in [0.4, 0.5) is 0 Å². The second kappa shape index (κ2) is 9.25. The normalized spacial score (nSPS) is 15.7. The topological polar surface area (TPSA) is 94.6 Å². The highest BCUT2D eigenvalue weighted by atomic mass is 32.2. The van der Waals surface area contributed by atoms with Crippen LogP contribution < -0.4 is 0 Å². The van der Waals surface area contributed by atoms with Crippen LogP contribution in [0, 0.1) is 24.2 Å². The van der Waals surface area contributed by atoms with E-state index in [-0.39, 0.29) is 23.1 Å². The van der Waals surface area contributed by atoms with Gasteiger partial charge in [0.05, 0.1) is 30.2 Å². The Kier molecular flexibility index (Phi) is 6.72. The molecule has 8 heteroatoms. The maximum atomic E-state index is 13.0. The third-order valence-corrected chi connectivity index (χ3v) is 7.11. The average molecular weight is 416 g/mol. The summed E-state index contributed by atoms with van der Waals surface area (Å²) in [6.45, 7) is 3.17. The highest BCUT2D eigenvalue weighted by Crippen LogP contribution is 2.26. The molecule has 1 aromatic heterocycles. The molecule has 29 heavy (non-hydrogen) atoms. The van der Waals surface area contributed by atoms with E-state index in [2.05, 4.69) is 6.07 Å². The van der Waals surface area contributed by atoms with E-state index in [9.17, 15) is 13.2 Å². The van der Waals surface area contributed by atoms with Crippen molar-refractivity contribution in [3.63, 3.8) is 0 Å². The van der Waals surface area contributed by atoms with Crippen molar-refractivity contribution in [2.24, 2.45) is 5.92 Å². The minimum atomic E-state index is -3.55. The zero-order valence-electron chi connectivity index (χ0n) is 16.5. The third-order valence-electron chi connectivity index (χ3n) is 5.19. The number of benzene rings is 1. The molecule has 1 aromatic carbocycles. The van der Waals surface area contributed by atoms with E-state index in [0.717, 1.165) is 5.56 Å². The number of rotatable bonds is 7. The van der Waals surface area contributed by atoms with E-state index in [4.69, 9.17) is 9.68 Å². The van der Waals surface area contributed by atoms with Gasteiger partial charge in [-0.25, -0.2) is 8.42 Å². The maximum absolute atomic E-state index is 13.0. The summed E-state index contributed by atoms with van der Waals surface area (Å²) >= 11 is 0. The number of nitriles is 1. The molecule has 0 bridgehead atoms. The maximum Gasteiger partial charge on any atom is 0.243 e. The molecule has 7 nitrogen and oxygen atoms in total. The van der Waals surface area contributed by atoms with Crippen LogP contribution >= 0.6 is 0 Å². The molecule has 0 saturated carbocycles. The lowest BCUT2D eigenvalue weighted by molar-refractivity contribution is -0.137. The summed E-state index contributed by atoms with van der Waals surface area (Å²) in [5.41, 5.74) is 1.00. The van der Waals surface area contributed by atoms with E-state index in [1.54, 1.807) is 47.6 Å². The minimum absolute atomic E-state index is 0.0518. The Morgan fingerprint density at radius 2 is 1.93 bits per heavy atom. The van der Waals surface area contributed by atoms with Gasteiger partial charge in [-0.15, -0.1) is 0 Å². The van der Waals surface area contributed by atoms with Crippen molar-refractivity contribution in [1.82, 2.24) is 9.21 Å². The Morgan fingerprint density at radius 3 is 2.52 bits per heavy atom. The number of nitrogens with zero attached hydrogens (tertiary/aromatic N) is 3. The Hall–Kier alpha value is -2.63. The molecule has 1 aliphatic rings. The lowest BCUT2D eigenvalue weighted by Gasteiger charge is -2.33. The molecule has 1 fully saturated rings. The fourth-order valence-electron chi connectivity index (χ4n) is 3.50. The first-order valence-corrected chi connectivity index (χ1v) is 11.1. The number of carbonyl (C=O) groups is 1. The fourth-order valence-corrected chi connectivity index (χ4v) is 4.97. The molecule has 0 spiro atoms. The molecule has 2 heterocycles. The highest BCUT2D eigenvalue weighted by Gasteiger charge is 2.34. The lowest BCUT2D eigenvalue weighted by Crippen LogP contribution is -2.44. The zero-order chi connectivity index (χ0) is 20.9. The summed E-state index contributed by atoms with van der Waals surface area (Å²) in [4.78, 5) is 14.9. The van der Waals surface area contributed by atoms with Crippen molar-refractivity contribution >= 4 is 15.9 Å². The first kappa shape index (κ1) is 21.1. The van der Waals surface area contributed by atoms with E-state index in [1.165, 1.54) is 4.31 Å². The number of aryl methyl sites for hydroxylation is 1. The van der Waals surface area contributed by atoms with Crippen molar-refractivity contribution in [3.8, 4) is 6.07 Å². The van der Waals surface area contributed by atoms with Gasteiger partial charge in [0, 0.05) is 25.6 Å². The molecule has 0 aliphatic carbocycles. The van der Waals surface area contributed by atoms with E-state index in [1.807, 2.05) is 6.92 Å². The first-order valence-electron chi connectivity index (χ1n) is 9.67. The van der Waals surface area contributed by atoms with Gasteiger partial charge in [-0.1, -0.05) is 17.7 Å². The van der Waals surface area contributed by atoms with E-state index < -0.39 is 10.0 Å². The highest BCUT2D eigenvalue weighted by molar-refractivity contribution is 7.89. The predicted molar refractivity (Wildman–Crippen MR) is 107 cm³/mol. The third kappa shape index (κ3) is 5.05. The van der Waals surface area contributed by atoms with Crippen molar-refractivity contribution in [3.05, 3.63) is 54.0 Å². The lowest BCUT2D eigenvalue weighted by atomic mass is 9.96. The molecule has 0 unspecified atom stereocenters. The Morgan fingerprint density at radius 1 is 1.24 bits per heavy atom. The summed E-state index contributed by atoms with van der Waals surface area (Å²) in [5.74, 6) is 0.354. The van der Waals surface area contributed by atoms with Crippen LogP contribution in [0.15, 0.2) is 52.0 Å². The minimum Gasteiger partial charge on any atom is -0.467 e. The van der Waals surface area contributed by atoms with Crippen LogP contribution in [-0.4, -0.2) is 43.2 Å². The van der Waals surface area contributed by atoms with Gasteiger partial charge in [0.2, 0.25) is 15.9 Å². The van der Waals surface area contributed by atoms with Crippen molar-refractivity contribution in [2.75, 3.05) is 19.6 Å². The second-order valence-electron chi connectivity index (χ2n) is 7.24. The van der Waals surface area contributed by atoms with Crippen LogP contribution in [0.2, 0.25) is 0 Å². The molecule has 1 amide bonds. The molecule has 154 valence electrons. The molecule has 3 rings (SSSR count). The van der Waals surface area contributed by atoms with Gasteiger partial charge < -0.3 is 9.32 Å². The molecular weight excluding hydrogens is 390 g/mol. The molecule has 0 N–H and O–H groups in total. The summed E-state index contributed by atoms with van der Waals surface area (Å²) in [6.07, 6.45) is 2.72. The van der Waals surface area contributed by atoms with Crippen LogP contribution in [0.5, 0.6) is 0 Å². The number of hydrogen-bond donors (Lipinski definition) is 0. The standard InChI is InChI=1S/C21H25N3O4S/c1-17-5-7-20(8-6-17)29(26,27)24-13-9-18(10-14-24)21(25)23(12-3-11-22)16-19-4-2-15-28-19/h2,4-8,15,18H,3,9-10,12-14,16H2,1H3. The number of piperidine rings is 1. The largest absolute Gasteiger partial charge is 0.467 e. The predicted octanol–water partition coefficient (Wildman–Crippen LogP) is 2.93. The van der Waals surface area contributed by atoms with Crippen LogP contribution in [0.1, 0.15) is 30.6 Å². The van der Waals surface area contributed by atoms with Gasteiger partial charge in [0.25, 0.3) is 0 Å². The molecule has 1 saturated heterocycles. The summed E-state index contributed by atoms with van der Waals surface area (Å²) in [6, 6.07) is 12.4. The van der Waals surface area contributed by atoms with Gasteiger partial charge in [-0.2, -0.15) is 9.57 Å². The Labute approximate surface area is 171 Å². The monoisotopic (exact) mass is 415 g/mol. The van der Waals surface area contributed by atoms with Gasteiger partial charge in [0.1, 0.15) is 5.76 Å². The molecular formula is C21H25N3O4S. The summed E-state index contributed by atoms with van der Waals surface area (Å²) < 4.78 is 32.5. The average Bonchev–Trinajstić information content (AvgIpc) is 3.24. The SMILES string of the molecule is Cc1ccc(S(=O)(=O)N2CCC(C(=O)N(CCC#N)Cc3ccco3)CC2)cc1. The smallest absolute Gasteiger partial charge is 0.243 e. The number of furan rings is 1. The molecule has 2 aromatic rings. The van der Waals surface area contributed by atoms with Crippen molar-refractivity contribution in [2.45, 2.75) is 37.6 Å². The number of carbonyl (C=O) groups excluding carboxylic acids is 1. The summed E-state index contributed by atoms with van der Waals surface area (Å²) in [7, 11) is -3.55. The van der Waals surface area contributed by atoms with Gasteiger partial charge in [0.15, 0.2) is 0 Å². The molecule has 0 atom stereocenters. The Bertz CT molecular complexity index is 954. The van der Waals surface area contributed by atoms with Crippen molar-refractivity contribution in [1.29, 1.82) is 5.26 Å². The van der Waals surface area contributed by atoms with Crippen molar-refractivity contribution < 1.29 is 17.6 Å². The fraction of sp³-hybridized carbons (Fsp3) is 0.429. The van der Waals surface area contributed by atoms with E-state index in [0.29, 0.717) is 44.8 Å². The van der Waals surface area contributed by atoms with E-state index >= 15 is 0 Å². The molecule has 1 aliphatic heterocycles. The summed E-state index contributed by atoms with van der Waals surface area (Å²) in [5, 5.41) is 8.90. The van der Waals surface area contributed by atoms with Gasteiger partial charge >= 0.3 is 0 Å². The zero-order valence-corrected chi connectivity index (χ0v) is 17.3. The number of amides is 1. The molecule has 0 radical (unpaired) electrons. The van der Waals surface area contributed by atoms with Crippen LogP contribution in [0.25, 0.3) is 0 Å². The number of sulfonamides is 1.